The fraction of sp³-hybridized carbons (Fsp3) is 0.727. The molecule has 0 aliphatic rings. The fourth-order valence-corrected chi connectivity index (χ4v) is 3.61. The van der Waals surface area contributed by atoms with E-state index in [0.29, 0.717) is 16.5 Å². The first-order valence-electron chi connectivity index (χ1n) is 6.13. The van der Waals surface area contributed by atoms with E-state index in [4.69, 9.17) is 11.6 Å². The van der Waals surface area contributed by atoms with Crippen molar-refractivity contribution in [1.82, 2.24) is 14.1 Å². The molecule has 0 spiro atoms. The Kier molecular flexibility index (Phi) is 5.68. The standard InChI is InChI=1S/C11H17ClF3N3O2S/c1-8-10(9(2)18(16-8)7-5-12)21(19,20)17(3)6-4-11(13,14)15/h4-7H2,1-3H3. The summed E-state index contributed by atoms with van der Waals surface area (Å²) in [5.41, 5.74) is 0.614. The molecule has 0 amide bonds. The summed E-state index contributed by atoms with van der Waals surface area (Å²) in [4.78, 5) is -0.0581. The maximum Gasteiger partial charge on any atom is 0.390 e. The maximum atomic E-state index is 12.4. The van der Waals surface area contributed by atoms with Crippen LogP contribution >= 0.6 is 11.6 Å². The second kappa shape index (κ2) is 6.53. The quantitative estimate of drug-likeness (QED) is 0.742. The molecule has 1 rings (SSSR count). The molecule has 1 heterocycles. The van der Waals surface area contributed by atoms with Crippen LogP contribution in [0.3, 0.4) is 0 Å². The monoisotopic (exact) mass is 347 g/mol. The van der Waals surface area contributed by atoms with Crippen LogP contribution in [0, 0.1) is 13.8 Å². The molecule has 0 aliphatic heterocycles. The minimum absolute atomic E-state index is 0.0581. The molecule has 122 valence electrons. The number of nitrogens with zero attached hydrogens (tertiary/aromatic N) is 3. The molecule has 1 aromatic heterocycles. The van der Waals surface area contributed by atoms with Gasteiger partial charge in [-0.2, -0.15) is 18.3 Å². The Morgan fingerprint density at radius 1 is 1.33 bits per heavy atom. The highest BCUT2D eigenvalue weighted by molar-refractivity contribution is 7.89. The van der Waals surface area contributed by atoms with E-state index in [1.807, 2.05) is 0 Å². The molecule has 0 fully saturated rings. The van der Waals surface area contributed by atoms with E-state index < -0.39 is 29.2 Å². The average molecular weight is 348 g/mol. The normalized spacial score (nSPS) is 13.1. The lowest BCUT2D eigenvalue weighted by molar-refractivity contribution is -0.135. The molecule has 0 aromatic carbocycles. The van der Waals surface area contributed by atoms with Crippen molar-refractivity contribution in [2.45, 2.75) is 37.9 Å². The van der Waals surface area contributed by atoms with Gasteiger partial charge in [-0.15, -0.1) is 11.6 Å². The smallest absolute Gasteiger partial charge is 0.267 e. The number of alkyl halides is 4. The lowest BCUT2D eigenvalue weighted by Gasteiger charge is -2.18. The number of halogens is 4. The summed E-state index contributed by atoms with van der Waals surface area (Å²) in [5, 5.41) is 4.06. The van der Waals surface area contributed by atoms with Crippen molar-refractivity contribution >= 4 is 21.6 Å². The van der Waals surface area contributed by atoms with Crippen LogP contribution in [0.5, 0.6) is 0 Å². The van der Waals surface area contributed by atoms with E-state index in [1.54, 1.807) is 6.92 Å². The zero-order valence-electron chi connectivity index (χ0n) is 11.9. The van der Waals surface area contributed by atoms with Gasteiger partial charge in [0.2, 0.25) is 10.0 Å². The Labute approximate surface area is 126 Å². The Morgan fingerprint density at radius 2 is 1.90 bits per heavy atom. The van der Waals surface area contributed by atoms with Gasteiger partial charge in [-0.3, -0.25) is 4.68 Å². The van der Waals surface area contributed by atoms with E-state index in [2.05, 4.69) is 5.10 Å². The lowest BCUT2D eigenvalue weighted by Crippen LogP contribution is -2.31. The van der Waals surface area contributed by atoms with Gasteiger partial charge in [-0.25, -0.2) is 12.7 Å². The van der Waals surface area contributed by atoms with Gasteiger partial charge in [0.05, 0.1) is 24.4 Å². The molecular formula is C11H17ClF3N3O2S. The first-order valence-corrected chi connectivity index (χ1v) is 8.11. The second-order valence-electron chi connectivity index (χ2n) is 4.60. The minimum Gasteiger partial charge on any atom is -0.267 e. The zero-order chi connectivity index (χ0) is 16.4. The average Bonchev–Trinajstić information content (AvgIpc) is 2.61. The topological polar surface area (TPSA) is 55.2 Å². The van der Waals surface area contributed by atoms with Crippen molar-refractivity contribution in [2.24, 2.45) is 0 Å². The molecule has 0 bridgehead atoms. The van der Waals surface area contributed by atoms with Gasteiger partial charge >= 0.3 is 6.18 Å². The number of hydrogen-bond donors (Lipinski definition) is 0. The molecule has 0 radical (unpaired) electrons. The second-order valence-corrected chi connectivity index (χ2v) is 6.96. The third-order valence-corrected chi connectivity index (χ3v) is 5.27. The van der Waals surface area contributed by atoms with Gasteiger partial charge < -0.3 is 0 Å². The first-order chi connectivity index (χ1) is 9.50. The van der Waals surface area contributed by atoms with Crippen molar-refractivity contribution in [2.75, 3.05) is 19.5 Å². The molecular weight excluding hydrogens is 331 g/mol. The van der Waals surface area contributed by atoms with Crippen molar-refractivity contribution in [3.05, 3.63) is 11.4 Å². The van der Waals surface area contributed by atoms with E-state index in [0.717, 1.165) is 7.05 Å². The first kappa shape index (κ1) is 18.2. The molecule has 1 aromatic rings. The van der Waals surface area contributed by atoms with Gasteiger partial charge in [0.15, 0.2) is 0 Å². The zero-order valence-corrected chi connectivity index (χ0v) is 13.5. The predicted molar refractivity (Wildman–Crippen MR) is 72.9 cm³/mol. The van der Waals surface area contributed by atoms with E-state index >= 15 is 0 Å². The molecule has 0 aliphatic carbocycles. The number of aromatic nitrogens is 2. The van der Waals surface area contributed by atoms with Gasteiger partial charge in [0, 0.05) is 19.5 Å². The van der Waals surface area contributed by atoms with E-state index in [9.17, 15) is 21.6 Å². The fourth-order valence-electron chi connectivity index (χ4n) is 1.91. The SMILES string of the molecule is Cc1nn(CCCl)c(C)c1S(=O)(=O)N(C)CCC(F)(F)F. The summed E-state index contributed by atoms with van der Waals surface area (Å²) in [7, 11) is -2.89. The number of sulfonamides is 1. The highest BCUT2D eigenvalue weighted by Crippen LogP contribution is 2.25. The van der Waals surface area contributed by atoms with Gasteiger partial charge in [-0.05, 0) is 13.8 Å². The maximum absolute atomic E-state index is 12.4. The summed E-state index contributed by atoms with van der Waals surface area (Å²) >= 11 is 5.60. The number of rotatable bonds is 6. The van der Waals surface area contributed by atoms with Gasteiger partial charge in [0.1, 0.15) is 4.90 Å². The van der Waals surface area contributed by atoms with Crippen molar-refractivity contribution < 1.29 is 21.6 Å². The molecule has 10 heteroatoms. The Balaban J connectivity index is 3.08. The molecule has 0 N–H and O–H groups in total. The summed E-state index contributed by atoms with van der Waals surface area (Å²) in [6.07, 6.45) is -5.60. The van der Waals surface area contributed by atoms with Crippen molar-refractivity contribution in [3.8, 4) is 0 Å². The van der Waals surface area contributed by atoms with E-state index in [1.165, 1.54) is 11.6 Å². The number of aryl methyl sites for hydroxylation is 2. The van der Waals surface area contributed by atoms with Crippen LogP contribution in [0.1, 0.15) is 17.8 Å². The summed E-state index contributed by atoms with van der Waals surface area (Å²) < 4.78 is 63.5. The molecule has 0 atom stereocenters. The van der Waals surface area contributed by atoms with Crippen LogP contribution in [0.4, 0.5) is 13.2 Å². The summed E-state index contributed by atoms with van der Waals surface area (Å²) in [6.45, 7) is 2.75. The Bertz CT molecular complexity index is 599. The largest absolute Gasteiger partial charge is 0.390 e. The van der Waals surface area contributed by atoms with Crippen LogP contribution in [0.2, 0.25) is 0 Å². The number of hydrogen-bond acceptors (Lipinski definition) is 3. The predicted octanol–water partition coefficient (Wildman–Crippen LogP) is 2.31. The van der Waals surface area contributed by atoms with Gasteiger partial charge in [-0.1, -0.05) is 0 Å². The van der Waals surface area contributed by atoms with Crippen LogP contribution < -0.4 is 0 Å². The molecule has 5 nitrogen and oxygen atoms in total. The molecule has 0 saturated heterocycles. The minimum atomic E-state index is -4.41. The van der Waals surface area contributed by atoms with Crippen LogP contribution in [-0.4, -0.2) is 48.2 Å². The Hall–Kier alpha value is -0.800. The highest BCUT2D eigenvalue weighted by Gasteiger charge is 2.33. The molecule has 21 heavy (non-hydrogen) atoms. The highest BCUT2D eigenvalue weighted by atomic mass is 35.5. The van der Waals surface area contributed by atoms with Crippen LogP contribution in [0.25, 0.3) is 0 Å². The molecule has 0 unspecified atom stereocenters. The van der Waals surface area contributed by atoms with Crippen molar-refractivity contribution in [1.29, 1.82) is 0 Å². The van der Waals surface area contributed by atoms with Crippen LogP contribution in [-0.2, 0) is 16.6 Å². The summed E-state index contributed by atoms with van der Waals surface area (Å²) in [5.74, 6) is 0.255. The van der Waals surface area contributed by atoms with Crippen molar-refractivity contribution in [3.63, 3.8) is 0 Å². The van der Waals surface area contributed by atoms with Crippen LogP contribution in [0.15, 0.2) is 4.90 Å². The third kappa shape index (κ3) is 4.33. The Morgan fingerprint density at radius 3 is 2.38 bits per heavy atom. The van der Waals surface area contributed by atoms with E-state index in [-0.39, 0.29) is 16.5 Å². The lowest BCUT2D eigenvalue weighted by atomic mass is 10.4. The molecule has 0 saturated carbocycles. The third-order valence-electron chi connectivity index (χ3n) is 2.99. The van der Waals surface area contributed by atoms with Gasteiger partial charge in [0.25, 0.3) is 0 Å². The summed E-state index contributed by atoms with van der Waals surface area (Å²) in [6, 6.07) is 0.